The van der Waals surface area contributed by atoms with Gasteiger partial charge in [0.15, 0.2) is 0 Å². The summed E-state index contributed by atoms with van der Waals surface area (Å²) in [6, 6.07) is 9.13. The first-order valence-electron chi connectivity index (χ1n) is 8.34. The third kappa shape index (κ3) is 4.04. The van der Waals surface area contributed by atoms with Gasteiger partial charge >= 0.3 is 6.18 Å². The Morgan fingerprint density at radius 1 is 1.15 bits per heavy atom. The quantitative estimate of drug-likeness (QED) is 0.826. The zero-order chi connectivity index (χ0) is 18.7. The molecule has 1 aliphatic heterocycles. The number of pyridine rings is 1. The smallest absolute Gasteiger partial charge is 0.380 e. The minimum absolute atomic E-state index is 0.0604. The normalized spacial score (nSPS) is 18.0. The molecule has 1 aromatic heterocycles. The second kappa shape index (κ2) is 7.45. The van der Waals surface area contributed by atoms with E-state index in [-0.39, 0.29) is 12.0 Å². The van der Waals surface area contributed by atoms with Gasteiger partial charge in [-0.25, -0.2) is 0 Å². The number of likely N-dealkylation sites (tertiary alicyclic amines) is 1. The van der Waals surface area contributed by atoms with Gasteiger partial charge in [-0.15, -0.1) is 0 Å². The van der Waals surface area contributed by atoms with Crippen LogP contribution < -0.4 is 0 Å². The molecule has 0 radical (unpaired) electrons. The number of benzene rings is 1. The molecular weight excluding hydrogens is 345 g/mol. The Kier molecular flexibility index (Phi) is 5.27. The summed E-state index contributed by atoms with van der Waals surface area (Å²) in [5.74, 6) is -0.0659. The molecule has 0 spiro atoms. The zero-order valence-corrected chi connectivity index (χ0v) is 14.3. The number of alkyl halides is 3. The first-order valence-corrected chi connectivity index (χ1v) is 8.34. The van der Waals surface area contributed by atoms with Crippen LogP contribution in [0.1, 0.15) is 28.9 Å². The van der Waals surface area contributed by atoms with Gasteiger partial charge in [0.05, 0.1) is 6.10 Å². The number of carbonyl (C=O) groups is 1. The molecular formula is C19H19F3N2O2. The van der Waals surface area contributed by atoms with E-state index in [1.54, 1.807) is 36.3 Å². The highest BCUT2D eigenvalue weighted by atomic mass is 19.4. The van der Waals surface area contributed by atoms with E-state index in [9.17, 15) is 18.0 Å². The van der Waals surface area contributed by atoms with Crippen LogP contribution in [0.4, 0.5) is 13.2 Å². The molecule has 1 aromatic carbocycles. The maximum Gasteiger partial charge on any atom is 0.433 e. The Labute approximate surface area is 149 Å². The van der Waals surface area contributed by atoms with Gasteiger partial charge in [0.25, 0.3) is 5.91 Å². The maximum absolute atomic E-state index is 12.6. The molecule has 0 N–H and O–H groups in total. The van der Waals surface area contributed by atoms with Crippen molar-refractivity contribution in [2.24, 2.45) is 0 Å². The first-order chi connectivity index (χ1) is 12.4. The van der Waals surface area contributed by atoms with Gasteiger partial charge in [-0.3, -0.25) is 9.78 Å². The number of piperidine rings is 1. The zero-order valence-electron chi connectivity index (χ0n) is 14.3. The summed E-state index contributed by atoms with van der Waals surface area (Å²) in [6.07, 6.45) is -1.36. The van der Waals surface area contributed by atoms with Gasteiger partial charge in [0, 0.05) is 37.5 Å². The van der Waals surface area contributed by atoms with Crippen molar-refractivity contribution in [3.05, 3.63) is 53.9 Å². The summed E-state index contributed by atoms with van der Waals surface area (Å²) < 4.78 is 43.1. The summed E-state index contributed by atoms with van der Waals surface area (Å²) in [5.41, 5.74) is 0.891. The molecule has 0 saturated carbocycles. The second-order valence-corrected chi connectivity index (χ2v) is 6.26. The summed E-state index contributed by atoms with van der Waals surface area (Å²) in [6.45, 7) is 1.27. The molecule has 1 amide bonds. The number of rotatable bonds is 3. The topological polar surface area (TPSA) is 42.4 Å². The number of aromatic nitrogens is 1. The fourth-order valence-electron chi connectivity index (χ4n) is 3.04. The monoisotopic (exact) mass is 364 g/mol. The van der Waals surface area contributed by atoms with E-state index >= 15 is 0 Å². The molecule has 0 aliphatic carbocycles. The minimum Gasteiger partial charge on any atom is -0.380 e. The number of hydrogen-bond acceptors (Lipinski definition) is 3. The van der Waals surface area contributed by atoms with Crippen LogP contribution in [0.2, 0.25) is 0 Å². The van der Waals surface area contributed by atoms with Crippen molar-refractivity contribution in [3.63, 3.8) is 0 Å². The summed E-state index contributed by atoms with van der Waals surface area (Å²) >= 11 is 0. The number of nitrogens with zero attached hydrogens (tertiary/aromatic N) is 2. The predicted molar refractivity (Wildman–Crippen MR) is 90.6 cm³/mol. The number of ether oxygens (including phenoxy) is 1. The summed E-state index contributed by atoms with van der Waals surface area (Å²) in [4.78, 5) is 17.8. The fourth-order valence-corrected chi connectivity index (χ4v) is 3.04. The maximum atomic E-state index is 12.6. The largest absolute Gasteiger partial charge is 0.433 e. The Balaban J connectivity index is 1.73. The molecule has 26 heavy (non-hydrogen) atoms. The Bertz CT molecular complexity index is 758. The molecule has 2 heterocycles. The van der Waals surface area contributed by atoms with Gasteiger partial charge in [-0.1, -0.05) is 18.2 Å². The van der Waals surface area contributed by atoms with Crippen molar-refractivity contribution in [2.75, 3.05) is 20.2 Å². The number of amides is 1. The van der Waals surface area contributed by atoms with Crippen LogP contribution in [0.3, 0.4) is 0 Å². The Morgan fingerprint density at radius 2 is 1.85 bits per heavy atom. The van der Waals surface area contributed by atoms with Crippen LogP contribution in [-0.4, -0.2) is 42.1 Å². The molecule has 1 unspecified atom stereocenters. The van der Waals surface area contributed by atoms with Crippen LogP contribution in [0, 0.1) is 0 Å². The fraction of sp³-hybridized carbons (Fsp3) is 0.368. The molecule has 7 heteroatoms. The molecule has 1 atom stereocenters. The molecule has 1 aliphatic rings. The average Bonchev–Trinajstić information content (AvgIpc) is 2.67. The van der Waals surface area contributed by atoms with Crippen molar-refractivity contribution in [1.29, 1.82) is 0 Å². The Morgan fingerprint density at radius 3 is 2.42 bits per heavy atom. The van der Waals surface area contributed by atoms with Crippen molar-refractivity contribution in [1.82, 2.24) is 9.88 Å². The average molecular weight is 364 g/mol. The van der Waals surface area contributed by atoms with E-state index < -0.39 is 11.9 Å². The Hall–Kier alpha value is -2.41. The lowest BCUT2D eigenvalue weighted by molar-refractivity contribution is -0.141. The van der Waals surface area contributed by atoms with Gasteiger partial charge in [-0.2, -0.15) is 13.2 Å². The van der Waals surface area contributed by atoms with E-state index in [2.05, 4.69) is 4.98 Å². The molecule has 0 bridgehead atoms. The van der Waals surface area contributed by atoms with Crippen molar-refractivity contribution in [3.8, 4) is 11.1 Å². The van der Waals surface area contributed by atoms with Crippen LogP contribution in [0.25, 0.3) is 11.1 Å². The lowest BCUT2D eigenvalue weighted by atomic mass is 10.0. The highest BCUT2D eigenvalue weighted by molar-refractivity contribution is 5.94. The predicted octanol–water partition coefficient (Wildman–Crippen LogP) is 4.02. The van der Waals surface area contributed by atoms with Gasteiger partial charge < -0.3 is 9.64 Å². The standard InChI is InChI=1S/C19H19F3N2O2/c1-26-16-3-2-10-24(12-16)18(25)14-6-4-13(5-7-14)15-8-9-17(23-11-15)19(20,21)22/h4-9,11,16H,2-3,10,12H2,1H3. The van der Waals surface area contributed by atoms with E-state index in [0.29, 0.717) is 29.8 Å². The van der Waals surface area contributed by atoms with Gasteiger partial charge in [0.2, 0.25) is 0 Å². The lowest BCUT2D eigenvalue weighted by Gasteiger charge is -2.32. The molecule has 2 aromatic rings. The third-order valence-electron chi connectivity index (χ3n) is 4.52. The number of hydrogen-bond donors (Lipinski definition) is 0. The molecule has 4 nitrogen and oxygen atoms in total. The minimum atomic E-state index is -4.46. The van der Waals surface area contributed by atoms with E-state index in [4.69, 9.17) is 4.74 Å². The summed E-state index contributed by atoms with van der Waals surface area (Å²) in [5, 5.41) is 0. The first kappa shape index (κ1) is 18.4. The highest BCUT2D eigenvalue weighted by Gasteiger charge is 2.32. The van der Waals surface area contributed by atoms with Crippen LogP contribution in [0.5, 0.6) is 0 Å². The highest BCUT2D eigenvalue weighted by Crippen LogP contribution is 2.29. The van der Waals surface area contributed by atoms with Crippen molar-refractivity contribution >= 4 is 5.91 Å². The van der Waals surface area contributed by atoms with Gasteiger partial charge in [0.1, 0.15) is 5.69 Å². The van der Waals surface area contributed by atoms with E-state index in [0.717, 1.165) is 18.9 Å². The second-order valence-electron chi connectivity index (χ2n) is 6.26. The van der Waals surface area contributed by atoms with Crippen LogP contribution in [-0.2, 0) is 10.9 Å². The van der Waals surface area contributed by atoms with Gasteiger partial charge in [-0.05, 0) is 36.6 Å². The van der Waals surface area contributed by atoms with Crippen LogP contribution >= 0.6 is 0 Å². The SMILES string of the molecule is COC1CCCN(C(=O)c2ccc(-c3ccc(C(F)(F)F)nc3)cc2)C1. The third-order valence-corrected chi connectivity index (χ3v) is 4.52. The number of halogens is 3. The lowest BCUT2D eigenvalue weighted by Crippen LogP contribution is -2.42. The van der Waals surface area contributed by atoms with Crippen molar-refractivity contribution in [2.45, 2.75) is 25.1 Å². The molecule has 138 valence electrons. The van der Waals surface area contributed by atoms with E-state index in [1.165, 1.54) is 12.3 Å². The molecule has 3 rings (SSSR count). The van der Waals surface area contributed by atoms with Crippen molar-refractivity contribution < 1.29 is 22.7 Å². The number of methoxy groups -OCH3 is 1. The molecule has 1 saturated heterocycles. The van der Waals surface area contributed by atoms with E-state index in [1.807, 2.05) is 0 Å². The molecule has 1 fully saturated rings. The van der Waals surface area contributed by atoms with Crippen LogP contribution in [0.15, 0.2) is 42.6 Å². The number of carbonyl (C=O) groups excluding carboxylic acids is 1. The summed E-state index contributed by atoms with van der Waals surface area (Å²) in [7, 11) is 1.64.